The molecule has 0 saturated heterocycles. The monoisotopic (exact) mass is 178 g/mol. The van der Waals surface area contributed by atoms with E-state index >= 15 is 0 Å². The van der Waals surface area contributed by atoms with E-state index in [0.29, 0.717) is 5.84 Å². The van der Waals surface area contributed by atoms with Crippen molar-refractivity contribution in [3.05, 3.63) is 23.8 Å². The highest BCUT2D eigenvalue weighted by atomic mass is 16.5. The molecule has 0 unspecified atom stereocenters. The van der Waals surface area contributed by atoms with E-state index in [1.165, 1.54) is 0 Å². The maximum absolute atomic E-state index is 5.51. The van der Waals surface area contributed by atoms with Crippen molar-refractivity contribution in [1.29, 1.82) is 0 Å². The number of hydrogen-bond donors (Lipinski definition) is 1. The second kappa shape index (κ2) is 3.94. The third-order valence-corrected chi connectivity index (χ3v) is 1.71. The third kappa shape index (κ3) is 2.21. The van der Waals surface area contributed by atoms with Crippen molar-refractivity contribution >= 4 is 11.5 Å². The van der Waals surface area contributed by atoms with E-state index in [1.807, 2.05) is 25.1 Å². The Hall–Kier alpha value is -1.51. The van der Waals surface area contributed by atoms with E-state index in [2.05, 4.69) is 4.99 Å². The lowest BCUT2D eigenvalue weighted by atomic mass is 10.2. The highest BCUT2D eigenvalue weighted by molar-refractivity contribution is 5.82. The number of methoxy groups -OCH3 is 1. The van der Waals surface area contributed by atoms with Gasteiger partial charge in [0.2, 0.25) is 0 Å². The summed E-state index contributed by atoms with van der Waals surface area (Å²) < 4.78 is 5.16. The van der Waals surface area contributed by atoms with Crippen LogP contribution in [0.2, 0.25) is 0 Å². The van der Waals surface area contributed by atoms with E-state index < -0.39 is 0 Å². The van der Waals surface area contributed by atoms with Crippen LogP contribution < -0.4 is 10.5 Å². The third-order valence-electron chi connectivity index (χ3n) is 1.71. The fourth-order valence-corrected chi connectivity index (χ4v) is 1.12. The maximum Gasteiger partial charge on any atom is 0.144 e. The Labute approximate surface area is 78.2 Å². The molecule has 3 nitrogen and oxygen atoms in total. The van der Waals surface area contributed by atoms with Crippen molar-refractivity contribution in [2.75, 3.05) is 7.11 Å². The summed E-state index contributed by atoms with van der Waals surface area (Å²) in [4.78, 5) is 4.20. The molecule has 70 valence electrons. The molecule has 0 spiro atoms. The Morgan fingerprint density at radius 1 is 1.46 bits per heavy atom. The molecule has 1 rings (SSSR count). The Morgan fingerprint density at radius 2 is 2.15 bits per heavy atom. The molecule has 0 aromatic heterocycles. The first-order valence-corrected chi connectivity index (χ1v) is 4.09. The topological polar surface area (TPSA) is 47.6 Å². The molecule has 0 aliphatic rings. The zero-order chi connectivity index (χ0) is 9.84. The first-order chi connectivity index (χ1) is 6.15. The average Bonchev–Trinajstić information content (AvgIpc) is 2.08. The van der Waals surface area contributed by atoms with Crippen LogP contribution in [-0.4, -0.2) is 12.9 Å². The van der Waals surface area contributed by atoms with Crippen molar-refractivity contribution in [2.45, 2.75) is 13.8 Å². The lowest BCUT2D eigenvalue weighted by molar-refractivity contribution is 0.416. The van der Waals surface area contributed by atoms with E-state index in [-0.39, 0.29) is 0 Å². The summed E-state index contributed by atoms with van der Waals surface area (Å²) in [5.74, 6) is 1.29. The largest absolute Gasteiger partial charge is 0.494 e. The van der Waals surface area contributed by atoms with E-state index in [9.17, 15) is 0 Å². The summed E-state index contributed by atoms with van der Waals surface area (Å²) in [6.07, 6.45) is 0. The second-order valence-electron chi connectivity index (χ2n) is 2.88. The number of aryl methyl sites for hydroxylation is 1. The second-order valence-corrected chi connectivity index (χ2v) is 2.88. The Kier molecular flexibility index (Phi) is 2.90. The fourth-order valence-electron chi connectivity index (χ4n) is 1.12. The van der Waals surface area contributed by atoms with Crippen molar-refractivity contribution < 1.29 is 4.74 Å². The van der Waals surface area contributed by atoms with Crippen LogP contribution in [0.25, 0.3) is 0 Å². The molecular weight excluding hydrogens is 164 g/mol. The molecule has 0 fully saturated rings. The van der Waals surface area contributed by atoms with Crippen molar-refractivity contribution in [3.63, 3.8) is 0 Å². The number of nitrogens with two attached hydrogens (primary N) is 1. The number of ether oxygens (including phenoxy) is 1. The van der Waals surface area contributed by atoms with Gasteiger partial charge in [-0.1, -0.05) is 12.1 Å². The molecule has 0 aliphatic carbocycles. The van der Waals surface area contributed by atoms with Crippen LogP contribution in [0.4, 0.5) is 5.69 Å². The minimum absolute atomic E-state index is 0.535. The number of aliphatic imine (C=N–C) groups is 1. The number of benzene rings is 1. The highest BCUT2D eigenvalue weighted by Gasteiger charge is 2.03. The van der Waals surface area contributed by atoms with Crippen LogP contribution >= 0.6 is 0 Å². The summed E-state index contributed by atoms with van der Waals surface area (Å²) in [5, 5.41) is 0. The molecule has 1 aromatic carbocycles. The van der Waals surface area contributed by atoms with Gasteiger partial charge < -0.3 is 10.5 Å². The summed E-state index contributed by atoms with van der Waals surface area (Å²) in [6, 6.07) is 5.78. The fraction of sp³-hybridized carbons (Fsp3) is 0.300. The van der Waals surface area contributed by atoms with Gasteiger partial charge in [0.05, 0.1) is 12.9 Å². The van der Waals surface area contributed by atoms with Gasteiger partial charge in [0.15, 0.2) is 0 Å². The number of rotatable bonds is 2. The van der Waals surface area contributed by atoms with Crippen molar-refractivity contribution in [3.8, 4) is 5.75 Å². The van der Waals surface area contributed by atoms with Gasteiger partial charge in [-0.15, -0.1) is 0 Å². The molecule has 0 aliphatic heterocycles. The molecule has 3 heteroatoms. The first kappa shape index (κ1) is 9.58. The Morgan fingerprint density at radius 3 is 2.69 bits per heavy atom. The SMILES string of the molecule is COc1cccc(C)c1N=C(C)N. The summed E-state index contributed by atoms with van der Waals surface area (Å²) in [5.41, 5.74) is 7.38. The van der Waals surface area contributed by atoms with E-state index in [0.717, 1.165) is 17.0 Å². The van der Waals surface area contributed by atoms with Gasteiger partial charge in [-0.25, -0.2) is 4.99 Å². The number of hydrogen-bond acceptors (Lipinski definition) is 2. The zero-order valence-electron chi connectivity index (χ0n) is 8.16. The average molecular weight is 178 g/mol. The Balaban J connectivity index is 3.23. The van der Waals surface area contributed by atoms with Gasteiger partial charge in [-0.2, -0.15) is 0 Å². The standard InChI is InChI=1S/C10H14N2O/c1-7-5-4-6-9(13-3)10(7)12-8(2)11/h4-6H,1-3H3,(H2,11,12). The lowest BCUT2D eigenvalue weighted by Crippen LogP contribution is -2.04. The normalized spacial score (nSPS) is 11.5. The van der Waals surface area contributed by atoms with Crippen LogP contribution in [0.3, 0.4) is 0 Å². The van der Waals surface area contributed by atoms with Gasteiger partial charge in [-0.05, 0) is 25.5 Å². The summed E-state index contributed by atoms with van der Waals surface area (Å²) >= 11 is 0. The zero-order valence-corrected chi connectivity index (χ0v) is 8.16. The minimum atomic E-state index is 0.535. The number of nitrogens with zero attached hydrogens (tertiary/aromatic N) is 1. The minimum Gasteiger partial charge on any atom is -0.494 e. The van der Waals surface area contributed by atoms with Gasteiger partial charge in [0.1, 0.15) is 11.4 Å². The van der Waals surface area contributed by atoms with Crippen LogP contribution in [-0.2, 0) is 0 Å². The molecule has 0 amide bonds. The molecule has 0 radical (unpaired) electrons. The quantitative estimate of drug-likeness (QED) is 0.556. The van der Waals surface area contributed by atoms with Crippen molar-refractivity contribution in [2.24, 2.45) is 10.7 Å². The number of amidine groups is 1. The van der Waals surface area contributed by atoms with Crippen LogP contribution in [0.5, 0.6) is 5.75 Å². The molecule has 13 heavy (non-hydrogen) atoms. The van der Waals surface area contributed by atoms with E-state index in [4.69, 9.17) is 10.5 Å². The van der Waals surface area contributed by atoms with E-state index in [1.54, 1.807) is 14.0 Å². The predicted octanol–water partition coefficient (Wildman–Crippen LogP) is 2.01. The van der Waals surface area contributed by atoms with Crippen LogP contribution in [0.1, 0.15) is 12.5 Å². The molecule has 2 N–H and O–H groups in total. The number of para-hydroxylation sites is 1. The highest BCUT2D eigenvalue weighted by Crippen LogP contribution is 2.30. The molecular formula is C10H14N2O. The predicted molar refractivity (Wildman–Crippen MR) is 54.7 cm³/mol. The Bertz CT molecular complexity index is 328. The summed E-state index contributed by atoms with van der Waals surface area (Å²) in [7, 11) is 1.62. The van der Waals surface area contributed by atoms with Gasteiger partial charge >= 0.3 is 0 Å². The molecule has 1 aromatic rings. The molecule has 0 atom stereocenters. The first-order valence-electron chi connectivity index (χ1n) is 4.09. The van der Waals surface area contributed by atoms with Crippen molar-refractivity contribution in [1.82, 2.24) is 0 Å². The smallest absolute Gasteiger partial charge is 0.144 e. The van der Waals surface area contributed by atoms with Crippen LogP contribution in [0, 0.1) is 6.92 Å². The summed E-state index contributed by atoms with van der Waals surface area (Å²) in [6.45, 7) is 3.73. The maximum atomic E-state index is 5.51. The lowest BCUT2D eigenvalue weighted by Gasteiger charge is -2.06. The molecule has 0 saturated carbocycles. The van der Waals surface area contributed by atoms with Gasteiger partial charge in [0.25, 0.3) is 0 Å². The van der Waals surface area contributed by atoms with Gasteiger partial charge in [0, 0.05) is 0 Å². The van der Waals surface area contributed by atoms with Gasteiger partial charge in [-0.3, -0.25) is 0 Å². The molecule has 0 heterocycles. The molecule has 0 bridgehead atoms. The van der Waals surface area contributed by atoms with Crippen LogP contribution in [0.15, 0.2) is 23.2 Å².